The van der Waals surface area contributed by atoms with Gasteiger partial charge in [-0.05, 0) is 137 Å². The molecule has 0 aromatic heterocycles. The highest BCUT2D eigenvalue weighted by Crippen LogP contribution is 2.48. The molecule has 0 fully saturated rings. The second-order valence-corrected chi connectivity index (χ2v) is 14.4. The molecule has 2 heteroatoms. The summed E-state index contributed by atoms with van der Waals surface area (Å²) in [6.07, 6.45) is 7.07. The van der Waals surface area contributed by atoms with Crippen molar-refractivity contribution in [2.24, 2.45) is 0 Å². The summed E-state index contributed by atoms with van der Waals surface area (Å²) < 4.78 is 0. The van der Waals surface area contributed by atoms with Crippen LogP contribution in [0.15, 0.2) is 109 Å². The third-order valence-electron chi connectivity index (χ3n) is 10.1. The number of fused-ring (bicyclic) bond motifs is 1. The van der Waals surface area contributed by atoms with E-state index in [0.717, 1.165) is 12.8 Å². The molecule has 0 aliphatic heterocycles. The van der Waals surface area contributed by atoms with Crippen LogP contribution in [0.4, 0.5) is 34.1 Å². The quantitative estimate of drug-likeness (QED) is 0.129. The number of rotatable bonds is 12. The smallest absolute Gasteiger partial charge is 0.0541 e. The summed E-state index contributed by atoms with van der Waals surface area (Å²) in [5, 5.41) is 2.46. The molecule has 0 atom stereocenters. The lowest BCUT2D eigenvalue weighted by Crippen LogP contribution is -2.16. The Balaban J connectivity index is 1.59. The zero-order valence-corrected chi connectivity index (χ0v) is 31.5. The maximum Gasteiger partial charge on any atom is 0.0541 e. The molecule has 0 amide bonds. The van der Waals surface area contributed by atoms with E-state index in [1.807, 2.05) is 0 Å². The zero-order valence-electron chi connectivity index (χ0n) is 31.5. The lowest BCUT2D eigenvalue weighted by Gasteiger charge is -2.33. The van der Waals surface area contributed by atoms with Crippen LogP contribution in [0.1, 0.15) is 84.0 Å². The number of nitrogens with zero attached hydrogens (tertiary/aromatic N) is 2. The van der Waals surface area contributed by atoms with Crippen LogP contribution >= 0.6 is 0 Å². The van der Waals surface area contributed by atoms with E-state index >= 15 is 0 Å². The molecule has 50 heavy (non-hydrogen) atoms. The van der Waals surface area contributed by atoms with E-state index in [4.69, 9.17) is 0 Å². The Kier molecular flexibility index (Phi) is 10.8. The van der Waals surface area contributed by atoms with Gasteiger partial charge in [0.2, 0.25) is 0 Å². The molecule has 6 aromatic rings. The third kappa shape index (κ3) is 7.22. The molecular formula is C48H54N2. The third-order valence-corrected chi connectivity index (χ3v) is 10.1. The van der Waals surface area contributed by atoms with Crippen LogP contribution in [0.2, 0.25) is 0 Å². The number of hydrogen-bond donors (Lipinski definition) is 0. The molecule has 0 unspecified atom stereocenters. The van der Waals surface area contributed by atoms with Crippen molar-refractivity contribution < 1.29 is 0 Å². The number of hydrogen-bond acceptors (Lipinski definition) is 2. The topological polar surface area (TPSA) is 6.48 Å². The van der Waals surface area contributed by atoms with Gasteiger partial charge in [-0.1, -0.05) is 111 Å². The highest BCUT2D eigenvalue weighted by molar-refractivity contribution is 6.08. The predicted molar refractivity (Wildman–Crippen MR) is 219 cm³/mol. The van der Waals surface area contributed by atoms with E-state index in [2.05, 4.69) is 174 Å². The first-order valence-corrected chi connectivity index (χ1v) is 18.7. The van der Waals surface area contributed by atoms with Crippen molar-refractivity contribution >= 4 is 44.9 Å². The summed E-state index contributed by atoms with van der Waals surface area (Å²) in [4.78, 5) is 4.99. The molecule has 0 radical (unpaired) electrons. The summed E-state index contributed by atoms with van der Waals surface area (Å²) in [6, 6.07) is 41.3. The summed E-state index contributed by atoms with van der Waals surface area (Å²) >= 11 is 0. The highest BCUT2D eigenvalue weighted by Gasteiger charge is 2.24. The van der Waals surface area contributed by atoms with Gasteiger partial charge in [-0.15, -0.1) is 0 Å². The van der Waals surface area contributed by atoms with Crippen molar-refractivity contribution in [3.63, 3.8) is 0 Å². The minimum atomic E-state index is 1.12. The molecule has 6 aromatic carbocycles. The van der Waals surface area contributed by atoms with Crippen molar-refractivity contribution in [1.29, 1.82) is 0 Å². The molecular weight excluding hydrogens is 605 g/mol. The monoisotopic (exact) mass is 658 g/mol. The molecule has 0 aliphatic rings. The Hall–Kier alpha value is -4.82. The van der Waals surface area contributed by atoms with Crippen LogP contribution in [-0.4, -0.2) is 0 Å². The average molecular weight is 659 g/mol. The Morgan fingerprint density at radius 2 is 0.760 bits per heavy atom. The Morgan fingerprint density at radius 3 is 1.08 bits per heavy atom. The van der Waals surface area contributed by atoms with E-state index in [-0.39, 0.29) is 0 Å². The van der Waals surface area contributed by atoms with E-state index in [1.165, 1.54) is 115 Å². The summed E-state index contributed by atoms with van der Waals surface area (Å²) in [5.41, 5.74) is 17.8. The maximum absolute atomic E-state index is 2.50. The van der Waals surface area contributed by atoms with Crippen molar-refractivity contribution in [1.82, 2.24) is 0 Å². The lowest BCUT2D eigenvalue weighted by atomic mass is 9.96. The van der Waals surface area contributed by atoms with Gasteiger partial charge in [0.25, 0.3) is 0 Å². The van der Waals surface area contributed by atoms with E-state index in [1.54, 1.807) is 0 Å². The summed E-state index contributed by atoms with van der Waals surface area (Å²) in [5.74, 6) is 0. The van der Waals surface area contributed by atoms with Crippen molar-refractivity contribution in [3.8, 4) is 0 Å². The van der Waals surface area contributed by atoms with Crippen LogP contribution in [0.5, 0.6) is 0 Å². The SMILES string of the molecule is CCCCc1cc(C)c(N(c2ccc(C)cc2)c2ccc(N(c3ccc(C)cc3)c3c(C)cc(CCCC)cc3C)c3ccccc23)c(C)c1. The molecule has 0 aliphatic carbocycles. The minimum absolute atomic E-state index is 1.12. The first kappa shape index (κ1) is 35.0. The van der Waals surface area contributed by atoms with Crippen LogP contribution in [0.3, 0.4) is 0 Å². The van der Waals surface area contributed by atoms with E-state index in [9.17, 15) is 0 Å². The number of benzene rings is 6. The fourth-order valence-electron chi connectivity index (χ4n) is 7.67. The van der Waals surface area contributed by atoms with Crippen molar-refractivity contribution in [2.75, 3.05) is 9.80 Å². The van der Waals surface area contributed by atoms with Crippen LogP contribution in [-0.2, 0) is 12.8 Å². The van der Waals surface area contributed by atoms with Gasteiger partial charge in [0.05, 0.1) is 22.7 Å². The minimum Gasteiger partial charge on any atom is -0.309 e. The van der Waals surface area contributed by atoms with E-state index in [0.29, 0.717) is 0 Å². The predicted octanol–water partition coefficient (Wildman–Crippen LogP) is 14.3. The van der Waals surface area contributed by atoms with Gasteiger partial charge in [-0.3, -0.25) is 0 Å². The number of aryl methyl sites for hydroxylation is 8. The fraction of sp³-hybridized carbons (Fsp3) is 0.292. The number of anilines is 6. The van der Waals surface area contributed by atoms with Gasteiger partial charge in [0.15, 0.2) is 0 Å². The molecule has 256 valence electrons. The zero-order chi connectivity index (χ0) is 35.4. The Labute approximate surface area is 301 Å². The van der Waals surface area contributed by atoms with Crippen LogP contribution in [0, 0.1) is 41.5 Å². The average Bonchev–Trinajstić information content (AvgIpc) is 3.10. The second kappa shape index (κ2) is 15.4. The highest BCUT2D eigenvalue weighted by atomic mass is 15.2. The molecule has 0 N–H and O–H groups in total. The largest absolute Gasteiger partial charge is 0.309 e. The van der Waals surface area contributed by atoms with Gasteiger partial charge in [-0.25, -0.2) is 0 Å². The second-order valence-electron chi connectivity index (χ2n) is 14.4. The van der Waals surface area contributed by atoms with Crippen molar-refractivity contribution in [2.45, 2.75) is 93.9 Å². The Morgan fingerprint density at radius 1 is 0.420 bits per heavy atom. The van der Waals surface area contributed by atoms with Gasteiger partial charge >= 0.3 is 0 Å². The van der Waals surface area contributed by atoms with Crippen LogP contribution in [0.25, 0.3) is 10.8 Å². The maximum atomic E-state index is 2.50. The summed E-state index contributed by atoms with van der Waals surface area (Å²) in [7, 11) is 0. The molecule has 0 heterocycles. The first-order valence-electron chi connectivity index (χ1n) is 18.7. The standard InChI is InChI=1S/C48H54N2/c1-9-11-15-39-29-35(5)47(36(6)30-39)49(41-23-19-33(3)20-24-41)45-27-28-46(44-18-14-13-17-43(44)45)50(42-25-21-34(4)22-26-42)48-37(7)31-40(16-12-10-2)32-38(48)8/h13-14,17-32H,9-12,15-16H2,1-8H3. The normalized spacial score (nSPS) is 11.3. The molecule has 0 saturated heterocycles. The van der Waals surface area contributed by atoms with Gasteiger partial charge in [0, 0.05) is 22.1 Å². The lowest BCUT2D eigenvalue weighted by molar-refractivity contribution is 0.794. The number of unbranched alkanes of at least 4 members (excludes halogenated alkanes) is 2. The molecule has 6 rings (SSSR count). The molecule has 0 spiro atoms. The first-order chi connectivity index (χ1) is 24.2. The van der Waals surface area contributed by atoms with E-state index < -0.39 is 0 Å². The molecule has 0 bridgehead atoms. The molecule has 0 saturated carbocycles. The fourth-order valence-corrected chi connectivity index (χ4v) is 7.67. The summed E-state index contributed by atoms with van der Waals surface area (Å²) in [6.45, 7) is 18.0. The van der Waals surface area contributed by atoms with Crippen molar-refractivity contribution in [3.05, 3.63) is 154 Å². The van der Waals surface area contributed by atoms with Gasteiger partial charge in [-0.2, -0.15) is 0 Å². The molecule has 2 nitrogen and oxygen atoms in total. The van der Waals surface area contributed by atoms with Crippen LogP contribution < -0.4 is 9.80 Å². The Bertz CT molecular complexity index is 1890. The van der Waals surface area contributed by atoms with Gasteiger partial charge in [0.1, 0.15) is 0 Å². The van der Waals surface area contributed by atoms with Gasteiger partial charge < -0.3 is 9.80 Å².